The summed E-state index contributed by atoms with van der Waals surface area (Å²) in [6.07, 6.45) is 1.27. The van der Waals surface area contributed by atoms with Gasteiger partial charge >= 0.3 is 6.03 Å². The molecule has 2 atom stereocenters. The zero-order valence-electron chi connectivity index (χ0n) is 23.6. The molecule has 0 fully saturated rings. The number of ether oxygens (including phenoxy) is 1. The largest absolute Gasteiger partial charge is 0.457 e. The van der Waals surface area contributed by atoms with Gasteiger partial charge in [0.05, 0.1) is 23.9 Å². The molecule has 3 aromatic rings. The molecule has 0 aliphatic carbocycles. The summed E-state index contributed by atoms with van der Waals surface area (Å²) < 4.78 is 6.03. The van der Waals surface area contributed by atoms with Crippen LogP contribution in [0.3, 0.4) is 0 Å². The summed E-state index contributed by atoms with van der Waals surface area (Å²) in [5.74, 6) is 1.10. The van der Waals surface area contributed by atoms with Crippen LogP contribution >= 0.6 is 11.3 Å². The number of hydrogen-bond acceptors (Lipinski definition) is 5. The molecule has 0 radical (unpaired) electrons. The number of carbonyl (C=O) groups excluding carboxylic acids is 3. The van der Waals surface area contributed by atoms with E-state index in [4.69, 9.17) is 4.74 Å². The monoisotopic (exact) mass is 572 g/mol. The van der Waals surface area contributed by atoms with Crippen molar-refractivity contribution in [2.45, 2.75) is 45.7 Å². The number of rotatable bonds is 11. The Balaban J connectivity index is 1.40. The van der Waals surface area contributed by atoms with Crippen molar-refractivity contribution in [2.24, 2.45) is 5.92 Å². The van der Waals surface area contributed by atoms with E-state index in [2.05, 4.69) is 10.6 Å². The molecule has 9 heteroatoms. The summed E-state index contributed by atoms with van der Waals surface area (Å²) >= 11 is 1.66. The molecule has 2 aliphatic heterocycles. The van der Waals surface area contributed by atoms with Crippen LogP contribution in [-0.2, 0) is 16.0 Å². The molecule has 214 valence electrons. The van der Waals surface area contributed by atoms with Crippen LogP contribution in [-0.4, -0.2) is 53.3 Å². The maximum atomic E-state index is 14.1. The Morgan fingerprint density at radius 2 is 1.85 bits per heavy atom. The van der Waals surface area contributed by atoms with Gasteiger partial charge in [0.1, 0.15) is 17.5 Å². The minimum Gasteiger partial charge on any atom is -0.457 e. The molecule has 8 nitrogen and oxygen atoms in total. The molecule has 0 spiro atoms. The number of hydrogen-bond donors (Lipinski definition) is 2. The molecule has 4 amide bonds. The third-order valence-electron chi connectivity index (χ3n) is 7.36. The zero-order chi connectivity index (χ0) is 28.9. The highest BCUT2D eigenvalue weighted by Gasteiger charge is 2.46. The summed E-state index contributed by atoms with van der Waals surface area (Å²) in [4.78, 5) is 45.3. The number of para-hydroxylation sites is 1. The third kappa shape index (κ3) is 6.30. The maximum Gasteiger partial charge on any atom is 0.322 e. The standard InChI is InChI=1S/C32H36N4O4S/c1-4-35-27-20-36(26(18-21(2)3)30(37)33-16-15-25-14-9-17-41-25)31(38)28(27)29(34-32(35)39)22-10-8-13-24(19-22)40-23-11-6-5-7-12-23/h5-14,17,19,21,26,29H,4,15-16,18,20H2,1-3H3,(H,33,37)(H,34,39)/t26-,29-/m1/s1. The number of likely N-dealkylation sites (N-methyl/N-ethyl adjacent to an activating group) is 1. The van der Waals surface area contributed by atoms with Crippen LogP contribution in [0.25, 0.3) is 0 Å². The summed E-state index contributed by atoms with van der Waals surface area (Å²) in [6.45, 7) is 7.10. The number of urea groups is 1. The highest BCUT2D eigenvalue weighted by molar-refractivity contribution is 7.09. The topological polar surface area (TPSA) is 91.0 Å². The van der Waals surface area contributed by atoms with E-state index in [1.807, 2.05) is 92.9 Å². The van der Waals surface area contributed by atoms with Crippen molar-refractivity contribution in [2.75, 3.05) is 19.6 Å². The van der Waals surface area contributed by atoms with Gasteiger partial charge in [-0.2, -0.15) is 0 Å². The second-order valence-corrected chi connectivity index (χ2v) is 11.7. The van der Waals surface area contributed by atoms with Crippen LogP contribution < -0.4 is 15.4 Å². The normalized spacial score (nSPS) is 17.5. The van der Waals surface area contributed by atoms with Crippen molar-refractivity contribution < 1.29 is 19.1 Å². The van der Waals surface area contributed by atoms with Gasteiger partial charge in [-0.15, -0.1) is 11.3 Å². The Bertz CT molecular complexity index is 1420. The van der Waals surface area contributed by atoms with Gasteiger partial charge in [-0.25, -0.2) is 4.79 Å². The molecule has 2 aliphatic rings. The van der Waals surface area contributed by atoms with E-state index in [1.54, 1.807) is 21.1 Å². The molecule has 0 saturated heterocycles. The van der Waals surface area contributed by atoms with Crippen LogP contribution in [0.4, 0.5) is 4.79 Å². The highest BCUT2D eigenvalue weighted by Crippen LogP contribution is 2.38. The fraction of sp³-hybridized carbons (Fsp3) is 0.344. The lowest BCUT2D eigenvalue weighted by molar-refractivity contribution is -0.137. The van der Waals surface area contributed by atoms with E-state index in [1.165, 1.54) is 4.88 Å². The van der Waals surface area contributed by atoms with Crippen molar-refractivity contribution >= 4 is 29.2 Å². The van der Waals surface area contributed by atoms with Gasteiger partial charge in [-0.1, -0.05) is 50.2 Å². The number of thiophene rings is 1. The van der Waals surface area contributed by atoms with Gasteiger partial charge < -0.3 is 20.3 Å². The van der Waals surface area contributed by atoms with Gasteiger partial charge in [0.25, 0.3) is 5.91 Å². The van der Waals surface area contributed by atoms with Crippen LogP contribution in [0.5, 0.6) is 11.5 Å². The Morgan fingerprint density at radius 1 is 1.07 bits per heavy atom. The van der Waals surface area contributed by atoms with Crippen molar-refractivity contribution in [3.63, 3.8) is 0 Å². The number of amides is 4. The number of nitrogens with one attached hydrogen (secondary N) is 2. The Morgan fingerprint density at radius 3 is 2.56 bits per heavy atom. The number of benzene rings is 2. The van der Waals surface area contributed by atoms with Gasteiger partial charge in [0.15, 0.2) is 0 Å². The molecule has 2 N–H and O–H groups in total. The van der Waals surface area contributed by atoms with Gasteiger partial charge in [0.2, 0.25) is 5.91 Å². The predicted octanol–water partition coefficient (Wildman–Crippen LogP) is 5.50. The molecule has 0 unspecified atom stereocenters. The summed E-state index contributed by atoms with van der Waals surface area (Å²) in [7, 11) is 0. The fourth-order valence-corrected chi connectivity index (χ4v) is 6.14. The van der Waals surface area contributed by atoms with Crippen molar-refractivity contribution in [1.82, 2.24) is 20.4 Å². The van der Waals surface area contributed by atoms with Gasteiger partial charge in [-0.3, -0.25) is 14.5 Å². The number of carbonyl (C=O) groups is 3. The maximum absolute atomic E-state index is 14.1. The van der Waals surface area contributed by atoms with Crippen molar-refractivity contribution in [3.05, 3.63) is 93.8 Å². The van der Waals surface area contributed by atoms with Crippen LogP contribution in [0.2, 0.25) is 0 Å². The zero-order valence-corrected chi connectivity index (χ0v) is 24.4. The third-order valence-corrected chi connectivity index (χ3v) is 8.30. The lowest BCUT2D eigenvalue weighted by atomic mass is 9.95. The molecule has 2 aromatic carbocycles. The van der Waals surface area contributed by atoms with Gasteiger partial charge in [-0.05, 0) is 67.0 Å². The van der Waals surface area contributed by atoms with E-state index >= 15 is 0 Å². The predicted molar refractivity (Wildman–Crippen MR) is 160 cm³/mol. The summed E-state index contributed by atoms with van der Waals surface area (Å²) in [6, 6.07) is 19.4. The highest BCUT2D eigenvalue weighted by atomic mass is 32.1. The first-order valence-corrected chi connectivity index (χ1v) is 15.0. The Labute approximate surface area is 245 Å². The van der Waals surface area contributed by atoms with Crippen LogP contribution in [0, 0.1) is 5.92 Å². The lowest BCUT2D eigenvalue weighted by Crippen LogP contribution is -2.49. The van der Waals surface area contributed by atoms with Gasteiger partial charge in [0, 0.05) is 18.0 Å². The second kappa shape index (κ2) is 12.6. The molecule has 3 heterocycles. The Kier molecular flexibility index (Phi) is 8.73. The van der Waals surface area contributed by atoms with Crippen LogP contribution in [0.15, 0.2) is 83.4 Å². The first kappa shape index (κ1) is 28.4. The van der Waals surface area contributed by atoms with Crippen molar-refractivity contribution in [1.29, 1.82) is 0 Å². The molecule has 0 saturated carbocycles. The van der Waals surface area contributed by atoms with E-state index in [9.17, 15) is 14.4 Å². The first-order chi connectivity index (χ1) is 19.9. The lowest BCUT2D eigenvalue weighted by Gasteiger charge is -2.33. The van der Waals surface area contributed by atoms with E-state index < -0.39 is 12.1 Å². The Hall–Kier alpha value is -4.11. The van der Waals surface area contributed by atoms with Crippen molar-refractivity contribution in [3.8, 4) is 11.5 Å². The SMILES string of the molecule is CCN1C(=O)N[C@H](c2cccc(Oc3ccccc3)c2)C2=C1CN([C@H](CC(C)C)C(=O)NCCc1cccs1)C2=O. The minimum absolute atomic E-state index is 0.166. The average molecular weight is 573 g/mol. The van der Waals surface area contributed by atoms with E-state index in [0.717, 1.165) is 12.0 Å². The molecule has 0 bridgehead atoms. The molecular weight excluding hydrogens is 536 g/mol. The van der Waals surface area contributed by atoms with E-state index in [-0.39, 0.29) is 30.3 Å². The fourth-order valence-electron chi connectivity index (χ4n) is 5.44. The minimum atomic E-state index is -0.654. The number of nitrogens with zero attached hydrogens (tertiary/aromatic N) is 2. The quantitative estimate of drug-likeness (QED) is 0.318. The summed E-state index contributed by atoms with van der Waals surface area (Å²) in [5.41, 5.74) is 1.90. The van der Waals surface area contributed by atoms with Crippen LogP contribution in [0.1, 0.15) is 43.7 Å². The second-order valence-electron chi connectivity index (χ2n) is 10.7. The molecule has 41 heavy (non-hydrogen) atoms. The summed E-state index contributed by atoms with van der Waals surface area (Å²) in [5, 5.41) is 8.11. The average Bonchev–Trinajstić information content (AvgIpc) is 3.60. The smallest absolute Gasteiger partial charge is 0.322 e. The first-order valence-electron chi connectivity index (χ1n) is 14.1. The molecule has 1 aromatic heterocycles. The molecular formula is C32H36N4O4S. The van der Waals surface area contributed by atoms with E-state index in [0.29, 0.717) is 42.3 Å². The molecule has 5 rings (SSSR count).